The number of amides is 1. The number of fused-ring (bicyclic) bond motifs is 1. The van der Waals surface area contributed by atoms with Crippen LogP contribution < -0.4 is 16.6 Å². The fraction of sp³-hybridized carbons (Fsp3) is 0.550. The summed E-state index contributed by atoms with van der Waals surface area (Å²) in [7, 11) is 0. The van der Waals surface area contributed by atoms with Crippen molar-refractivity contribution in [3.8, 4) is 0 Å². The topological polar surface area (TPSA) is 84.0 Å². The monoisotopic (exact) mass is 357 g/mol. The van der Waals surface area contributed by atoms with Gasteiger partial charge in [-0.25, -0.2) is 4.79 Å². The van der Waals surface area contributed by atoms with E-state index in [4.69, 9.17) is 0 Å². The second-order valence-corrected chi connectivity index (χ2v) is 8.42. The van der Waals surface area contributed by atoms with Crippen molar-refractivity contribution in [1.82, 2.24) is 9.55 Å². The highest BCUT2D eigenvalue weighted by molar-refractivity contribution is 5.91. The summed E-state index contributed by atoms with van der Waals surface area (Å²) in [6.07, 6.45) is 3.71. The van der Waals surface area contributed by atoms with Gasteiger partial charge in [-0.3, -0.25) is 14.2 Å². The minimum Gasteiger partial charge on any atom is -0.326 e. The molecule has 1 amide bonds. The van der Waals surface area contributed by atoms with Crippen LogP contribution in [0.1, 0.15) is 59.4 Å². The summed E-state index contributed by atoms with van der Waals surface area (Å²) in [5.41, 5.74) is 0.661. The molecule has 0 radical (unpaired) electrons. The third-order valence-electron chi connectivity index (χ3n) is 5.54. The maximum atomic E-state index is 13.0. The summed E-state index contributed by atoms with van der Waals surface area (Å²) in [4.78, 5) is 39.6. The van der Waals surface area contributed by atoms with Gasteiger partial charge in [-0.2, -0.15) is 0 Å². The van der Waals surface area contributed by atoms with Gasteiger partial charge in [-0.15, -0.1) is 0 Å². The molecule has 0 aliphatic heterocycles. The molecule has 0 unspecified atom stereocenters. The molecule has 1 aliphatic carbocycles. The Labute approximate surface area is 152 Å². The third-order valence-corrected chi connectivity index (χ3v) is 5.54. The van der Waals surface area contributed by atoms with Gasteiger partial charge in [-0.05, 0) is 55.2 Å². The first-order chi connectivity index (χ1) is 12.2. The second-order valence-electron chi connectivity index (χ2n) is 8.42. The van der Waals surface area contributed by atoms with Gasteiger partial charge in [0, 0.05) is 18.7 Å². The Hall–Kier alpha value is -2.37. The average Bonchev–Trinajstić information content (AvgIpc) is 2.55. The van der Waals surface area contributed by atoms with Crippen LogP contribution in [0.4, 0.5) is 5.69 Å². The van der Waals surface area contributed by atoms with Gasteiger partial charge in [0.25, 0.3) is 5.56 Å². The maximum Gasteiger partial charge on any atom is 0.329 e. The summed E-state index contributed by atoms with van der Waals surface area (Å²) in [6, 6.07) is 4.90. The van der Waals surface area contributed by atoms with E-state index in [-0.39, 0.29) is 28.6 Å². The van der Waals surface area contributed by atoms with E-state index in [0.717, 1.165) is 25.7 Å². The van der Waals surface area contributed by atoms with Crippen LogP contribution in [0.3, 0.4) is 0 Å². The lowest BCUT2D eigenvalue weighted by Crippen LogP contribution is -2.40. The van der Waals surface area contributed by atoms with Gasteiger partial charge in [0.05, 0.1) is 10.9 Å². The maximum absolute atomic E-state index is 13.0. The van der Waals surface area contributed by atoms with Crippen LogP contribution in [0.2, 0.25) is 0 Å². The normalized spacial score (nSPS) is 20.9. The molecule has 1 aliphatic rings. The Morgan fingerprint density at radius 2 is 1.81 bits per heavy atom. The predicted molar refractivity (Wildman–Crippen MR) is 104 cm³/mol. The fourth-order valence-corrected chi connectivity index (χ4v) is 4.04. The third kappa shape index (κ3) is 3.59. The molecule has 3 rings (SSSR count). The lowest BCUT2D eigenvalue weighted by molar-refractivity contribution is -0.114. The smallest absolute Gasteiger partial charge is 0.326 e. The lowest BCUT2D eigenvalue weighted by Gasteiger charge is -2.37. The molecule has 6 heteroatoms. The SMILES string of the molecule is CC(=O)Nc1ccc2[nH]c(=O)n([C@H]3CC[C@@H](C(C)(C)C)CC3)c(=O)c2c1. The minimum atomic E-state index is -0.353. The highest BCUT2D eigenvalue weighted by atomic mass is 16.2. The van der Waals surface area contributed by atoms with Crippen molar-refractivity contribution in [2.24, 2.45) is 11.3 Å². The first-order valence-corrected chi connectivity index (χ1v) is 9.23. The minimum absolute atomic E-state index is 0.0707. The molecule has 0 bridgehead atoms. The number of anilines is 1. The van der Waals surface area contributed by atoms with Gasteiger partial charge >= 0.3 is 5.69 Å². The lowest BCUT2D eigenvalue weighted by atomic mass is 9.71. The molecule has 1 aromatic heterocycles. The van der Waals surface area contributed by atoms with E-state index in [1.54, 1.807) is 18.2 Å². The molecule has 6 nitrogen and oxygen atoms in total. The molecule has 2 aromatic rings. The molecule has 0 atom stereocenters. The molecule has 1 aromatic carbocycles. The zero-order valence-electron chi connectivity index (χ0n) is 15.9. The number of benzene rings is 1. The number of carbonyl (C=O) groups is 1. The molecular formula is C20H27N3O3. The predicted octanol–water partition coefficient (Wildman–Crippen LogP) is 3.43. The summed E-state index contributed by atoms with van der Waals surface area (Å²) in [6.45, 7) is 8.16. The van der Waals surface area contributed by atoms with Crippen LogP contribution >= 0.6 is 0 Å². The number of nitrogens with zero attached hydrogens (tertiary/aromatic N) is 1. The number of hydrogen-bond donors (Lipinski definition) is 2. The molecule has 1 saturated carbocycles. The summed E-state index contributed by atoms with van der Waals surface area (Å²) in [5.74, 6) is 0.412. The molecule has 26 heavy (non-hydrogen) atoms. The quantitative estimate of drug-likeness (QED) is 0.864. The molecule has 2 N–H and O–H groups in total. The second kappa shape index (κ2) is 6.74. The summed E-state index contributed by atoms with van der Waals surface area (Å²) < 4.78 is 1.37. The van der Waals surface area contributed by atoms with Crippen molar-refractivity contribution in [3.63, 3.8) is 0 Å². The number of hydrogen-bond acceptors (Lipinski definition) is 3. The zero-order valence-corrected chi connectivity index (χ0v) is 15.9. The molecule has 0 spiro atoms. The van der Waals surface area contributed by atoms with Crippen molar-refractivity contribution in [3.05, 3.63) is 39.0 Å². The Morgan fingerprint density at radius 1 is 1.15 bits per heavy atom. The molecular weight excluding hydrogens is 330 g/mol. The Bertz CT molecular complexity index is 941. The number of aromatic nitrogens is 2. The standard InChI is InChI=1S/C20H27N3O3/c1-12(24)21-14-7-10-17-16(11-14)18(25)23(19(26)22-17)15-8-5-13(6-9-15)20(2,3)4/h7,10-11,13,15H,5-6,8-9H2,1-4H3,(H,21,24)(H,22,26)/t13-,15+. The van der Waals surface area contributed by atoms with E-state index in [9.17, 15) is 14.4 Å². The van der Waals surface area contributed by atoms with Crippen LogP contribution in [0.25, 0.3) is 10.9 Å². The van der Waals surface area contributed by atoms with E-state index >= 15 is 0 Å². The highest BCUT2D eigenvalue weighted by Gasteiger charge is 2.31. The van der Waals surface area contributed by atoms with E-state index in [1.807, 2.05) is 0 Å². The van der Waals surface area contributed by atoms with E-state index < -0.39 is 0 Å². The van der Waals surface area contributed by atoms with Gasteiger partial charge in [0.2, 0.25) is 5.91 Å². The van der Waals surface area contributed by atoms with Crippen molar-refractivity contribution in [2.45, 2.75) is 59.4 Å². The summed E-state index contributed by atoms with van der Waals surface area (Å²) in [5, 5.41) is 3.11. The van der Waals surface area contributed by atoms with E-state index in [2.05, 4.69) is 31.1 Å². The van der Waals surface area contributed by atoms with Gasteiger partial charge < -0.3 is 10.3 Å². The summed E-state index contributed by atoms with van der Waals surface area (Å²) >= 11 is 0. The number of H-pyrrole nitrogens is 1. The molecule has 0 saturated heterocycles. The highest BCUT2D eigenvalue weighted by Crippen LogP contribution is 2.40. The number of carbonyl (C=O) groups excluding carboxylic acids is 1. The number of aromatic amines is 1. The molecule has 1 fully saturated rings. The van der Waals surface area contributed by atoms with Crippen molar-refractivity contribution in [2.75, 3.05) is 5.32 Å². The van der Waals surface area contributed by atoms with Gasteiger partial charge in [0.15, 0.2) is 0 Å². The van der Waals surface area contributed by atoms with E-state index in [1.165, 1.54) is 11.5 Å². The largest absolute Gasteiger partial charge is 0.329 e. The van der Waals surface area contributed by atoms with Crippen molar-refractivity contribution >= 4 is 22.5 Å². The van der Waals surface area contributed by atoms with Gasteiger partial charge in [-0.1, -0.05) is 20.8 Å². The van der Waals surface area contributed by atoms with Gasteiger partial charge in [0.1, 0.15) is 0 Å². The van der Waals surface area contributed by atoms with Crippen LogP contribution in [-0.4, -0.2) is 15.5 Å². The first kappa shape index (κ1) is 18.4. The fourth-order valence-electron chi connectivity index (χ4n) is 4.04. The van der Waals surface area contributed by atoms with Crippen LogP contribution in [0, 0.1) is 11.3 Å². The Balaban J connectivity index is 1.97. The van der Waals surface area contributed by atoms with Crippen molar-refractivity contribution < 1.29 is 4.79 Å². The molecule has 140 valence electrons. The number of rotatable bonds is 2. The van der Waals surface area contributed by atoms with Crippen molar-refractivity contribution in [1.29, 1.82) is 0 Å². The van der Waals surface area contributed by atoms with Crippen LogP contribution in [-0.2, 0) is 4.79 Å². The Morgan fingerprint density at radius 3 is 2.38 bits per heavy atom. The molecule has 1 heterocycles. The zero-order chi connectivity index (χ0) is 19.1. The van der Waals surface area contributed by atoms with E-state index in [0.29, 0.717) is 22.5 Å². The van der Waals surface area contributed by atoms with Crippen LogP contribution in [0.5, 0.6) is 0 Å². The first-order valence-electron chi connectivity index (χ1n) is 9.23. The Kier molecular flexibility index (Phi) is 4.78. The van der Waals surface area contributed by atoms with Crippen LogP contribution in [0.15, 0.2) is 27.8 Å². The average molecular weight is 357 g/mol. The number of nitrogens with one attached hydrogen (secondary N) is 2.